The van der Waals surface area contributed by atoms with Crippen LogP contribution in [0.3, 0.4) is 0 Å². The smallest absolute Gasteiger partial charge is 0.329 e. The Bertz CT molecular complexity index is 1390. The standard InChI is InChI=1S/C26H25FN4O3/c1-3-30-22-6-4-5-7-23(22)31(26(30)34)16-24(32)28-17(2)18-10-14-21(15-11-18)29-25(33)19-8-12-20(27)13-9-19/h4-15,17H,3,16H2,1-2H3,(H,28,32)(H,29,33). The zero-order valence-electron chi connectivity index (χ0n) is 18.9. The van der Waals surface area contributed by atoms with Gasteiger partial charge in [-0.3, -0.25) is 18.7 Å². The maximum Gasteiger partial charge on any atom is 0.329 e. The number of fused-ring (bicyclic) bond motifs is 1. The van der Waals surface area contributed by atoms with Gasteiger partial charge in [-0.05, 0) is 67.9 Å². The molecule has 0 bridgehead atoms. The number of carbonyl (C=O) groups is 2. The number of nitrogens with one attached hydrogen (secondary N) is 2. The van der Waals surface area contributed by atoms with Crippen molar-refractivity contribution in [1.29, 1.82) is 0 Å². The van der Waals surface area contributed by atoms with Gasteiger partial charge in [0.2, 0.25) is 5.91 Å². The molecule has 2 amide bonds. The van der Waals surface area contributed by atoms with Gasteiger partial charge in [-0.25, -0.2) is 9.18 Å². The largest absolute Gasteiger partial charge is 0.348 e. The Labute approximate surface area is 195 Å². The summed E-state index contributed by atoms with van der Waals surface area (Å²) < 4.78 is 16.2. The van der Waals surface area contributed by atoms with Crippen molar-refractivity contribution in [3.63, 3.8) is 0 Å². The maximum absolute atomic E-state index is 13.0. The average molecular weight is 461 g/mol. The van der Waals surface area contributed by atoms with Crippen LogP contribution in [0, 0.1) is 5.82 Å². The second-order valence-electron chi connectivity index (χ2n) is 7.97. The molecular weight excluding hydrogens is 435 g/mol. The molecule has 4 aromatic rings. The summed E-state index contributed by atoms with van der Waals surface area (Å²) in [7, 11) is 0. The van der Waals surface area contributed by atoms with Crippen LogP contribution in [-0.4, -0.2) is 20.9 Å². The molecule has 0 aliphatic carbocycles. The van der Waals surface area contributed by atoms with Crippen LogP contribution in [0.2, 0.25) is 0 Å². The number of anilines is 1. The summed E-state index contributed by atoms with van der Waals surface area (Å²) in [5.74, 6) is -1.02. The molecule has 0 saturated carbocycles. The number of aromatic nitrogens is 2. The van der Waals surface area contributed by atoms with Crippen LogP contribution in [-0.2, 0) is 17.9 Å². The molecule has 34 heavy (non-hydrogen) atoms. The first-order chi connectivity index (χ1) is 16.4. The maximum atomic E-state index is 13.0. The summed E-state index contributed by atoms with van der Waals surface area (Å²) in [5.41, 5.74) is 3.08. The molecule has 0 aliphatic rings. The van der Waals surface area contributed by atoms with E-state index >= 15 is 0 Å². The van der Waals surface area contributed by atoms with Crippen molar-refractivity contribution in [3.8, 4) is 0 Å². The van der Waals surface area contributed by atoms with E-state index in [1.54, 1.807) is 28.8 Å². The third-order valence-corrected chi connectivity index (χ3v) is 5.70. The number of carbonyl (C=O) groups excluding carboxylic acids is 2. The van der Waals surface area contributed by atoms with Crippen molar-refractivity contribution in [2.75, 3.05) is 5.32 Å². The molecule has 4 rings (SSSR count). The lowest BCUT2D eigenvalue weighted by molar-refractivity contribution is -0.122. The molecule has 0 aliphatic heterocycles. The van der Waals surface area contributed by atoms with E-state index in [1.165, 1.54) is 28.8 Å². The lowest BCUT2D eigenvalue weighted by atomic mass is 10.1. The minimum absolute atomic E-state index is 0.0809. The third-order valence-electron chi connectivity index (χ3n) is 5.70. The van der Waals surface area contributed by atoms with Crippen molar-refractivity contribution in [3.05, 3.63) is 100 Å². The summed E-state index contributed by atoms with van der Waals surface area (Å²) in [5, 5.41) is 5.68. The van der Waals surface area contributed by atoms with E-state index in [4.69, 9.17) is 0 Å². The number of amides is 2. The van der Waals surface area contributed by atoms with E-state index in [1.807, 2.05) is 38.1 Å². The molecule has 2 N–H and O–H groups in total. The fourth-order valence-electron chi connectivity index (χ4n) is 3.90. The Hall–Kier alpha value is -4.20. The van der Waals surface area contributed by atoms with E-state index in [0.29, 0.717) is 17.8 Å². The SMILES string of the molecule is CCn1c(=O)n(CC(=O)NC(C)c2ccc(NC(=O)c3ccc(F)cc3)cc2)c2ccccc21. The summed E-state index contributed by atoms with van der Waals surface area (Å²) in [6.07, 6.45) is 0. The Balaban J connectivity index is 1.41. The van der Waals surface area contributed by atoms with Crippen molar-refractivity contribution in [1.82, 2.24) is 14.5 Å². The van der Waals surface area contributed by atoms with Crippen LogP contribution in [0.1, 0.15) is 35.8 Å². The van der Waals surface area contributed by atoms with E-state index < -0.39 is 5.82 Å². The van der Waals surface area contributed by atoms with Gasteiger partial charge in [-0.2, -0.15) is 0 Å². The monoisotopic (exact) mass is 460 g/mol. The van der Waals surface area contributed by atoms with Gasteiger partial charge in [0.05, 0.1) is 17.1 Å². The second-order valence-corrected chi connectivity index (χ2v) is 7.97. The van der Waals surface area contributed by atoms with Gasteiger partial charge in [-0.15, -0.1) is 0 Å². The van der Waals surface area contributed by atoms with Gasteiger partial charge in [0, 0.05) is 17.8 Å². The number of nitrogens with zero attached hydrogens (tertiary/aromatic N) is 2. The minimum Gasteiger partial charge on any atom is -0.348 e. The van der Waals surface area contributed by atoms with Gasteiger partial charge >= 0.3 is 5.69 Å². The van der Waals surface area contributed by atoms with Crippen molar-refractivity contribution in [2.24, 2.45) is 0 Å². The van der Waals surface area contributed by atoms with Gasteiger partial charge in [0.25, 0.3) is 5.91 Å². The predicted octanol–water partition coefficient (Wildman–Crippen LogP) is 4.09. The number of hydrogen-bond donors (Lipinski definition) is 2. The number of benzene rings is 3. The molecule has 0 fully saturated rings. The van der Waals surface area contributed by atoms with E-state index in [0.717, 1.165) is 16.6 Å². The molecule has 3 aromatic carbocycles. The summed E-state index contributed by atoms with van der Waals surface area (Å²) in [6.45, 7) is 4.19. The number of hydrogen-bond acceptors (Lipinski definition) is 3. The number of para-hydroxylation sites is 2. The molecule has 174 valence electrons. The number of imidazole rings is 1. The molecule has 1 atom stereocenters. The number of halogens is 1. The first kappa shape index (κ1) is 23.0. The average Bonchev–Trinajstić information content (AvgIpc) is 3.10. The molecule has 1 unspecified atom stereocenters. The Morgan fingerprint density at radius 3 is 2.15 bits per heavy atom. The predicted molar refractivity (Wildman–Crippen MR) is 129 cm³/mol. The molecular formula is C26H25FN4O3. The van der Waals surface area contributed by atoms with Crippen LogP contribution in [0.15, 0.2) is 77.6 Å². The van der Waals surface area contributed by atoms with Crippen molar-refractivity contribution in [2.45, 2.75) is 33.0 Å². The van der Waals surface area contributed by atoms with Gasteiger partial charge in [0.15, 0.2) is 0 Å². The molecule has 1 heterocycles. The summed E-state index contributed by atoms with van der Waals surface area (Å²) >= 11 is 0. The van der Waals surface area contributed by atoms with Crippen molar-refractivity contribution < 1.29 is 14.0 Å². The zero-order valence-corrected chi connectivity index (χ0v) is 18.9. The highest BCUT2D eigenvalue weighted by atomic mass is 19.1. The Morgan fingerprint density at radius 1 is 0.912 bits per heavy atom. The zero-order chi connectivity index (χ0) is 24.2. The molecule has 1 aromatic heterocycles. The lowest BCUT2D eigenvalue weighted by Gasteiger charge is -2.15. The summed E-state index contributed by atoms with van der Waals surface area (Å²) in [6, 6.07) is 19.5. The summed E-state index contributed by atoms with van der Waals surface area (Å²) in [4.78, 5) is 37.8. The minimum atomic E-state index is -0.405. The van der Waals surface area contributed by atoms with Crippen LogP contribution < -0.4 is 16.3 Å². The van der Waals surface area contributed by atoms with Gasteiger partial charge < -0.3 is 10.6 Å². The topological polar surface area (TPSA) is 85.1 Å². The number of aryl methyl sites for hydroxylation is 1. The normalized spacial score (nSPS) is 11.9. The van der Waals surface area contributed by atoms with Crippen LogP contribution in [0.25, 0.3) is 11.0 Å². The Kier molecular flexibility index (Phi) is 6.58. The third kappa shape index (κ3) is 4.76. The highest BCUT2D eigenvalue weighted by Gasteiger charge is 2.16. The van der Waals surface area contributed by atoms with Crippen LogP contribution in [0.4, 0.5) is 10.1 Å². The van der Waals surface area contributed by atoms with Crippen LogP contribution >= 0.6 is 0 Å². The van der Waals surface area contributed by atoms with Crippen LogP contribution in [0.5, 0.6) is 0 Å². The van der Waals surface area contributed by atoms with E-state index in [9.17, 15) is 18.8 Å². The molecule has 8 heteroatoms. The molecule has 7 nitrogen and oxygen atoms in total. The molecule has 0 spiro atoms. The fourth-order valence-corrected chi connectivity index (χ4v) is 3.90. The molecule has 0 radical (unpaired) electrons. The molecule has 0 saturated heterocycles. The van der Waals surface area contributed by atoms with Crippen molar-refractivity contribution >= 4 is 28.5 Å². The quantitative estimate of drug-likeness (QED) is 0.436. The first-order valence-corrected chi connectivity index (χ1v) is 11.0. The highest BCUT2D eigenvalue weighted by molar-refractivity contribution is 6.04. The fraction of sp³-hybridized carbons (Fsp3) is 0.192. The lowest BCUT2D eigenvalue weighted by Crippen LogP contribution is -2.34. The second kappa shape index (κ2) is 9.74. The van der Waals surface area contributed by atoms with E-state index in [-0.39, 0.29) is 30.1 Å². The number of rotatable bonds is 7. The first-order valence-electron chi connectivity index (χ1n) is 11.0. The van der Waals surface area contributed by atoms with E-state index in [2.05, 4.69) is 10.6 Å². The van der Waals surface area contributed by atoms with Gasteiger partial charge in [0.1, 0.15) is 12.4 Å². The highest BCUT2D eigenvalue weighted by Crippen LogP contribution is 2.18. The Morgan fingerprint density at radius 2 is 1.53 bits per heavy atom. The van der Waals surface area contributed by atoms with Gasteiger partial charge in [-0.1, -0.05) is 24.3 Å².